The zero-order valence-electron chi connectivity index (χ0n) is 15.2. The number of benzene rings is 1. The predicted octanol–water partition coefficient (Wildman–Crippen LogP) is 3.69. The summed E-state index contributed by atoms with van der Waals surface area (Å²) in [5.41, 5.74) is 2.76. The van der Waals surface area contributed by atoms with Gasteiger partial charge in [0.15, 0.2) is 5.13 Å². The van der Waals surface area contributed by atoms with Crippen LogP contribution in [0, 0.1) is 5.92 Å². The lowest BCUT2D eigenvalue weighted by atomic mass is 10.0. The van der Waals surface area contributed by atoms with Crippen molar-refractivity contribution in [2.24, 2.45) is 5.92 Å². The van der Waals surface area contributed by atoms with Crippen LogP contribution in [0.1, 0.15) is 35.8 Å². The van der Waals surface area contributed by atoms with Crippen LogP contribution in [0.3, 0.4) is 0 Å². The van der Waals surface area contributed by atoms with Gasteiger partial charge in [-0.15, -0.1) is 11.3 Å². The summed E-state index contributed by atoms with van der Waals surface area (Å²) in [6.45, 7) is 5.45. The minimum Gasteiger partial charge on any atom is -0.378 e. The van der Waals surface area contributed by atoms with Crippen LogP contribution < -0.4 is 10.2 Å². The van der Waals surface area contributed by atoms with Crippen LogP contribution in [0.4, 0.5) is 10.8 Å². The molecule has 1 fully saturated rings. The number of thiazole rings is 1. The Morgan fingerprint density at radius 3 is 2.80 bits per heavy atom. The van der Waals surface area contributed by atoms with Crippen LogP contribution >= 0.6 is 11.3 Å². The third-order valence-electron chi connectivity index (χ3n) is 4.54. The zero-order chi connectivity index (χ0) is 17.8. The van der Waals surface area contributed by atoms with Crippen molar-refractivity contribution >= 4 is 28.1 Å². The van der Waals surface area contributed by atoms with Crippen LogP contribution in [0.2, 0.25) is 0 Å². The van der Waals surface area contributed by atoms with Crippen molar-refractivity contribution in [3.05, 3.63) is 40.9 Å². The Kier molecular flexibility index (Phi) is 5.71. The Morgan fingerprint density at radius 2 is 2.12 bits per heavy atom. The quantitative estimate of drug-likeness (QED) is 0.885. The number of aromatic nitrogens is 1. The Morgan fingerprint density at radius 1 is 1.36 bits per heavy atom. The highest BCUT2D eigenvalue weighted by Gasteiger charge is 2.17. The molecule has 1 aliphatic rings. The van der Waals surface area contributed by atoms with Crippen molar-refractivity contribution < 1.29 is 4.79 Å². The molecule has 5 nitrogen and oxygen atoms in total. The van der Waals surface area contributed by atoms with Crippen molar-refractivity contribution in [1.82, 2.24) is 9.88 Å². The van der Waals surface area contributed by atoms with E-state index in [0.717, 1.165) is 36.9 Å². The fraction of sp³-hybridized carbons (Fsp3) is 0.474. The minimum atomic E-state index is -0.113. The molecule has 134 valence electrons. The van der Waals surface area contributed by atoms with Crippen LogP contribution in [0.15, 0.2) is 29.6 Å². The molecular formula is C19H26N4OS. The summed E-state index contributed by atoms with van der Waals surface area (Å²) in [7, 11) is 3.96. The van der Waals surface area contributed by atoms with E-state index in [1.165, 1.54) is 24.2 Å². The molecule has 2 aromatic rings. The average Bonchev–Trinajstić information content (AvgIpc) is 3.01. The van der Waals surface area contributed by atoms with Crippen LogP contribution in [-0.4, -0.2) is 43.0 Å². The van der Waals surface area contributed by atoms with Gasteiger partial charge >= 0.3 is 0 Å². The maximum absolute atomic E-state index is 12.4. The van der Waals surface area contributed by atoms with Gasteiger partial charge < -0.3 is 4.90 Å². The highest BCUT2D eigenvalue weighted by molar-refractivity contribution is 7.13. The van der Waals surface area contributed by atoms with Gasteiger partial charge in [0.25, 0.3) is 5.91 Å². The molecule has 0 saturated carbocycles. The number of nitrogens with zero attached hydrogens (tertiary/aromatic N) is 3. The number of nitrogens with one attached hydrogen (secondary N) is 1. The first-order chi connectivity index (χ1) is 12.0. The lowest BCUT2D eigenvalue weighted by molar-refractivity contribution is 0.102. The van der Waals surface area contributed by atoms with E-state index < -0.39 is 0 Å². The number of hydrogen-bond donors (Lipinski definition) is 1. The minimum absolute atomic E-state index is 0.113. The van der Waals surface area contributed by atoms with Gasteiger partial charge in [0.1, 0.15) is 0 Å². The number of amides is 1. The van der Waals surface area contributed by atoms with Gasteiger partial charge in [0, 0.05) is 43.8 Å². The molecule has 0 spiro atoms. The number of likely N-dealkylation sites (tertiary alicyclic amines) is 1. The SMILES string of the molecule is CC1CCCN(Cc2csc(NC(=O)c3ccc(N(C)C)cc3)n2)C1. The number of rotatable bonds is 5. The lowest BCUT2D eigenvalue weighted by Crippen LogP contribution is -2.33. The summed E-state index contributed by atoms with van der Waals surface area (Å²) in [5, 5.41) is 5.62. The molecule has 0 aliphatic carbocycles. The fourth-order valence-corrected chi connectivity index (χ4v) is 3.87. The number of carbonyl (C=O) groups excluding carboxylic acids is 1. The molecule has 25 heavy (non-hydrogen) atoms. The molecule has 1 aromatic heterocycles. The second-order valence-electron chi connectivity index (χ2n) is 7.02. The van der Waals surface area contributed by atoms with Gasteiger partial charge in [-0.2, -0.15) is 0 Å². The van der Waals surface area contributed by atoms with Gasteiger partial charge in [0.2, 0.25) is 0 Å². The summed E-state index contributed by atoms with van der Waals surface area (Å²) in [4.78, 5) is 21.4. The number of carbonyl (C=O) groups is 1. The van der Waals surface area contributed by atoms with Crippen molar-refractivity contribution in [3.63, 3.8) is 0 Å². The maximum Gasteiger partial charge on any atom is 0.257 e. The van der Waals surface area contributed by atoms with E-state index >= 15 is 0 Å². The Balaban J connectivity index is 1.58. The first-order valence-corrected chi connectivity index (χ1v) is 9.64. The van der Waals surface area contributed by atoms with E-state index in [4.69, 9.17) is 0 Å². The summed E-state index contributed by atoms with van der Waals surface area (Å²) >= 11 is 1.49. The fourth-order valence-electron chi connectivity index (χ4n) is 3.18. The van der Waals surface area contributed by atoms with Crippen molar-refractivity contribution in [2.45, 2.75) is 26.3 Å². The van der Waals surface area contributed by atoms with Gasteiger partial charge in [-0.1, -0.05) is 6.92 Å². The summed E-state index contributed by atoms with van der Waals surface area (Å²) in [5.74, 6) is 0.648. The smallest absolute Gasteiger partial charge is 0.257 e. The second kappa shape index (κ2) is 7.97. The maximum atomic E-state index is 12.4. The standard InChI is InChI=1S/C19H26N4OS/c1-14-5-4-10-23(11-14)12-16-13-25-19(20-16)21-18(24)15-6-8-17(9-7-15)22(2)3/h6-9,13-14H,4-5,10-12H2,1-3H3,(H,20,21,24). The third-order valence-corrected chi connectivity index (χ3v) is 5.35. The monoisotopic (exact) mass is 358 g/mol. The molecule has 3 rings (SSSR count). The van der Waals surface area contributed by atoms with Crippen LogP contribution in [0.5, 0.6) is 0 Å². The predicted molar refractivity (Wildman–Crippen MR) is 105 cm³/mol. The van der Waals surface area contributed by atoms with Crippen LogP contribution in [-0.2, 0) is 6.54 Å². The molecule has 1 amide bonds. The molecule has 2 heterocycles. The largest absolute Gasteiger partial charge is 0.378 e. The number of anilines is 2. The van der Waals surface area contributed by atoms with E-state index in [2.05, 4.69) is 22.1 Å². The molecule has 0 radical (unpaired) electrons. The molecule has 0 bridgehead atoms. The molecule has 6 heteroatoms. The first-order valence-electron chi connectivity index (χ1n) is 8.77. The van der Waals surface area contributed by atoms with E-state index in [1.807, 2.05) is 48.6 Å². The first kappa shape index (κ1) is 17.9. The molecule has 1 aliphatic heterocycles. The van der Waals surface area contributed by atoms with Gasteiger partial charge in [-0.05, 0) is 49.6 Å². The molecule has 1 N–H and O–H groups in total. The second-order valence-corrected chi connectivity index (χ2v) is 7.88. The van der Waals surface area contributed by atoms with Gasteiger partial charge in [-0.3, -0.25) is 15.0 Å². The highest BCUT2D eigenvalue weighted by Crippen LogP contribution is 2.21. The van der Waals surface area contributed by atoms with Crippen LogP contribution in [0.25, 0.3) is 0 Å². The van der Waals surface area contributed by atoms with Gasteiger partial charge in [0.05, 0.1) is 5.69 Å². The van der Waals surface area contributed by atoms with Crippen molar-refractivity contribution in [2.75, 3.05) is 37.4 Å². The Labute approximate surface area is 153 Å². The Bertz CT molecular complexity index is 710. The topological polar surface area (TPSA) is 48.5 Å². The summed E-state index contributed by atoms with van der Waals surface area (Å²) in [6, 6.07) is 7.57. The van der Waals surface area contributed by atoms with Gasteiger partial charge in [-0.25, -0.2) is 4.98 Å². The Hall–Kier alpha value is -1.92. The summed E-state index contributed by atoms with van der Waals surface area (Å²) < 4.78 is 0. The van der Waals surface area contributed by atoms with Crippen molar-refractivity contribution in [3.8, 4) is 0 Å². The molecule has 1 unspecified atom stereocenters. The normalized spacial score (nSPS) is 18.1. The average molecular weight is 359 g/mol. The number of hydrogen-bond acceptors (Lipinski definition) is 5. The third kappa shape index (κ3) is 4.80. The van der Waals surface area contributed by atoms with E-state index in [-0.39, 0.29) is 5.91 Å². The summed E-state index contributed by atoms with van der Waals surface area (Å²) in [6.07, 6.45) is 2.58. The molecule has 1 atom stereocenters. The number of piperidine rings is 1. The molecule has 1 saturated heterocycles. The van der Waals surface area contributed by atoms with Crippen molar-refractivity contribution in [1.29, 1.82) is 0 Å². The van der Waals surface area contributed by atoms with E-state index in [0.29, 0.717) is 10.7 Å². The lowest BCUT2D eigenvalue weighted by Gasteiger charge is -2.30. The highest BCUT2D eigenvalue weighted by atomic mass is 32.1. The molecule has 1 aromatic carbocycles. The molecular weight excluding hydrogens is 332 g/mol. The van der Waals surface area contributed by atoms with E-state index in [1.54, 1.807) is 0 Å². The zero-order valence-corrected chi connectivity index (χ0v) is 16.0. The van der Waals surface area contributed by atoms with E-state index in [9.17, 15) is 4.79 Å².